The lowest BCUT2D eigenvalue weighted by Gasteiger charge is -2.11. The lowest BCUT2D eigenvalue weighted by atomic mass is 10.2. The minimum absolute atomic E-state index is 0.0829. The highest BCUT2D eigenvalue weighted by Crippen LogP contribution is 2.28. The van der Waals surface area contributed by atoms with Crippen molar-refractivity contribution in [1.29, 1.82) is 0 Å². The van der Waals surface area contributed by atoms with Crippen LogP contribution in [0.4, 0.5) is 5.69 Å². The van der Waals surface area contributed by atoms with Gasteiger partial charge in [-0.25, -0.2) is 9.78 Å². The van der Waals surface area contributed by atoms with Crippen molar-refractivity contribution in [3.05, 3.63) is 52.3 Å². The summed E-state index contributed by atoms with van der Waals surface area (Å²) in [7, 11) is 0. The molecular formula is C13H11BrN2O3. The molecule has 0 aliphatic heterocycles. The van der Waals surface area contributed by atoms with Crippen LogP contribution < -0.4 is 10.5 Å². The number of benzene rings is 1. The molecule has 0 amide bonds. The Balaban J connectivity index is 2.27. The van der Waals surface area contributed by atoms with Crippen LogP contribution in [-0.2, 0) is 6.61 Å². The Morgan fingerprint density at radius 3 is 2.68 bits per heavy atom. The molecule has 0 aliphatic rings. The van der Waals surface area contributed by atoms with Crippen LogP contribution >= 0.6 is 15.9 Å². The molecule has 2 rings (SSSR count). The van der Waals surface area contributed by atoms with Crippen molar-refractivity contribution < 1.29 is 14.6 Å². The molecule has 0 aliphatic carbocycles. The fraction of sp³-hybridized carbons (Fsp3) is 0.0769. The molecule has 5 nitrogen and oxygen atoms in total. The van der Waals surface area contributed by atoms with Crippen LogP contribution in [-0.4, -0.2) is 16.1 Å². The molecule has 1 aromatic carbocycles. The van der Waals surface area contributed by atoms with E-state index in [0.29, 0.717) is 4.60 Å². The molecule has 1 heterocycles. The van der Waals surface area contributed by atoms with Crippen molar-refractivity contribution in [3.8, 4) is 5.75 Å². The predicted octanol–water partition coefficient (Wildman–Crippen LogP) is 2.70. The van der Waals surface area contributed by atoms with E-state index >= 15 is 0 Å². The molecule has 2 aromatic rings. The Bertz CT molecular complexity index is 602. The fourth-order valence-electron chi connectivity index (χ4n) is 1.55. The van der Waals surface area contributed by atoms with Gasteiger partial charge < -0.3 is 15.6 Å². The Hall–Kier alpha value is -2.08. The zero-order valence-electron chi connectivity index (χ0n) is 9.84. The SMILES string of the molecule is Nc1cc(Br)nc(C(=O)O)c1OCc1ccccc1. The van der Waals surface area contributed by atoms with E-state index in [1.54, 1.807) is 0 Å². The van der Waals surface area contributed by atoms with Crippen LogP contribution in [0.1, 0.15) is 16.1 Å². The first-order valence-electron chi connectivity index (χ1n) is 5.44. The first-order valence-corrected chi connectivity index (χ1v) is 6.23. The summed E-state index contributed by atoms with van der Waals surface area (Å²) in [6.45, 7) is 0.231. The molecular weight excluding hydrogens is 312 g/mol. The average molecular weight is 323 g/mol. The van der Waals surface area contributed by atoms with Gasteiger partial charge in [0.15, 0.2) is 11.4 Å². The third-order valence-electron chi connectivity index (χ3n) is 2.40. The van der Waals surface area contributed by atoms with E-state index in [-0.39, 0.29) is 23.7 Å². The number of hydrogen-bond acceptors (Lipinski definition) is 4. The number of nitrogens with two attached hydrogens (primary N) is 1. The molecule has 0 fully saturated rings. The zero-order chi connectivity index (χ0) is 13.8. The van der Waals surface area contributed by atoms with E-state index in [2.05, 4.69) is 20.9 Å². The second-order valence-corrected chi connectivity index (χ2v) is 4.60. The standard InChI is InChI=1S/C13H11BrN2O3/c14-10-6-9(15)12(11(16-10)13(17)18)19-7-8-4-2-1-3-5-8/h1-6H,7H2,(H2,15,16)(H,17,18). The minimum Gasteiger partial charge on any atom is -0.484 e. The number of carboxylic acid groups (broad SMARTS) is 1. The van der Waals surface area contributed by atoms with Gasteiger partial charge in [0, 0.05) is 0 Å². The summed E-state index contributed by atoms with van der Waals surface area (Å²) < 4.78 is 5.84. The number of ether oxygens (including phenoxy) is 1. The number of halogens is 1. The second kappa shape index (κ2) is 5.71. The van der Waals surface area contributed by atoms with Crippen molar-refractivity contribution in [2.45, 2.75) is 6.61 Å². The number of nitrogens with zero attached hydrogens (tertiary/aromatic N) is 1. The summed E-state index contributed by atoms with van der Waals surface area (Å²) in [5.74, 6) is -1.10. The lowest BCUT2D eigenvalue weighted by molar-refractivity contribution is 0.0684. The van der Waals surface area contributed by atoms with Gasteiger partial charge in [0.2, 0.25) is 0 Å². The van der Waals surface area contributed by atoms with Crippen molar-refractivity contribution >= 4 is 27.6 Å². The average Bonchev–Trinajstić information content (AvgIpc) is 2.38. The monoisotopic (exact) mass is 322 g/mol. The van der Waals surface area contributed by atoms with Crippen LogP contribution in [0.5, 0.6) is 5.75 Å². The molecule has 0 saturated carbocycles. The van der Waals surface area contributed by atoms with E-state index in [9.17, 15) is 4.79 Å². The number of aromatic nitrogens is 1. The maximum absolute atomic E-state index is 11.1. The van der Waals surface area contributed by atoms with Crippen LogP contribution in [0.15, 0.2) is 41.0 Å². The van der Waals surface area contributed by atoms with Gasteiger partial charge in [0.1, 0.15) is 11.2 Å². The van der Waals surface area contributed by atoms with E-state index in [1.165, 1.54) is 6.07 Å². The van der Waals surface area contributed by atoms with Gasteiger partial charge in [0.05, 0.1) is 5.69 Å². The van der Waals surface area contributed by atoms with Gasteiger partial charge in [-0.3, -0.25) is 0 Å². The maximum atomic E-state index is 11.1. The number of aromatic carboxylic acids is 1. The van der Waals surface area contributed by atoms with E-state index in [1.807, 2.05) is 30.3 Å². The molecule has 0 spiro atoms. The quantitative estimate of drug-likeness (QED) is 0.845. The Kier molecular flexibility index (Phi) is 4.01. The summed E-state index contributed by atoms with van der Waals surface area (Å²) in [5.41, 5.74) is 6.71. The number of carbonyl (C=O) groups is 1. The highest BCUT2D eigenvalue weighted by molar-refractivity contribution is 9.10. The number of rotatable bonds is 4. The van der Waals surface area contributed by atoms with E-state index < -0.39 is 5.97 Å². The Morgan fingerprint density at radius 1 is 1.37 bits per heavy atom. The molecule has 0 bridgehead atoms. The van der Waals surface area contributed by atoms with Crippen LogP contribution in [0.3, 0.4) is 0 Å². The number of nitrogen functional groups attached to an aromatic ring is 1. The van der Waals surface area contributed by atoms with E-state index in [4.69, 9.17) is 15.6 Å². The summed E-state index contributed by atoms with van der Waals surface area (Å²) >= 11 is 3.10. The Labute approximate surface area is 118 Å². The Morgan fingerprint density at radius 2 is 2.05 bits per heavy atom. The normalized spacial score (nSPS) is 10.2. The molecule has 1 aromatic heterocycles. The van der Waals surface area contributed by atoms with Gasteiger partial charge in [0.25, 0.3) is 0 Å². The summed E-state index contributed by atoms with van der Waals surface area (Å²) in [6, 6.07) is 10.9. The molecule has 0 atom stereocenters. The molecule has 3 N–H and O–H groups in total. The van der Waals surface area contributed by atoms with Crippen molar-refractivity contribution in [2.24, 2.45) is 0 Å². The lowest BCUT2D eigenvalue weighted by Crippen LogP contribution is -2.09. The maximum Gasteiger partial charge on any atom is 0.358 e. The molecule has 19 heavy (non-hydrogen) atoms. The zero-order valence-corrected chi connectivity index (χ0v) is 11.4. The predicted molar refractivity (Wildman–Crippen MR) is 74.1 cm³/mol. The molecule has 0 unspecified atom stereocenters. The van der Waals surface area contributed by atoms with Gasteiger partial charge in [-0.1, -0.05) is 30.3 Å². The smallest absolute Gasteiger partial charge is 0.358 e. The number of anilines is 1. The summed E-state index contributed by atoms with van der Waals surface area (Å²) in [6.07, 6.45) is 0. The van der Waals surface area contributed by atoms with Gasteiger partial charge in [-0.05, 0) is 27.6 Å². The van der Waals surface area contributed by atoms with Crippen LogP contribution in [0.2, 0.25) is 0 Å². The number of pyridine rings is 1. The largest absolute Gasteiger partial charge is 0.484 e. The van der Waals surface area contributed by atoms with Crippen molar-refractivity contribution in [3.63, 3.8) is 0 Å². The van der Waals surface area contributed by atoms with Gasteiger partial charge >= 0.3 is 5.97 Å². The molecule has 0 saturated heterocycles. The van der Waals surface area contributed by atoms with Crippen molar-refractivity contribution in [2.75, 3.05) is 5.73 Å². The fourth-order valence-corrected chi connectivity index (χ4v) is 1.97. The number of hydrogen-bond donors (Lipinski definition) is 2. The third kappa shape index (κ3) is 3.23. The third-order valence-corrected chi connectivity index (χ3v) is 2.81. The second-order valence-electron chi connectivity index (χ2n) is 3.79. The van der Waals surface area contributed by atoms with Crippen LogP contribution in [0, 0.1) is 0 Å². The number of carboxylic acids is 1. The van der Waals surface area contributed by atoms with Crippen LogP contribution in [0.25, 0.3) is 0 Å². The van der Waals surface area contributed by atoms with Gasteiger partial charge in [-0.15, -0.1) is 0 Å². The first-order chi connectivity index (χ1) is 9.08. The first kappa shape index (κ1) is 13.4. The molecule has 98 valence electrons. The summed E-state index contributed by atoms with van der Waals surface area (Å²) in [4.78, 5) is 15.0. The highest BCUT2D eigenvalue weighted by atomic mass is 79.9. The van der Waals surface area contributed by atoms with Crippen molar-refractivity contribution in [1.82, 2.24) is 4.98 Å². The van der Waals surface area contributed by atoms with Gasteiger partial charge in [-0.2, -0.15) is 0 Å². The minimum atomic E-state index is -1.18. The van der Waals surface area contributed by atoms with E-state index in [0.717, 1.165) is 5.56 Å². The molecule has 0 radical (unpaired) electrons. The molecule has 6 heteroatoms. The summed E-state index contributed by atoms with van der Waals surface area (Å²) in [5, 5.41) is 9.09. The highest BCUT2D eigenvalue weighted by Gasteiger charge is 2.17. The topological polar surface area (TPSA) is 85.4 Å².